The van der Waals surface area contributed by atoms with Crippen LogP contribution in [0.25, 0.3) is 17.2 Å². The molecule has 136 valence electrons. The number of fused-ring (bicyclic) bond motifs is 1. The third-order valence-electron chi connectivity index (χ3n) is 4.80. The summed E-state index contributed by atoms with van der Waals surface area (Å²) in [6, 6.07) is 7.66. The van der Waals surface area contributed by atoms with Gasteiger partial charge in [0.15, 0.2) is 0 Å². The standard InChI is InChI=1S/C22H26N2O2/c1-15(2)11-12-24-14-20(18-9-6-10-19(18)22(24)26)16-7-5-8-17(13-16)21(25)23(3)4/h5-9,13-15H,10-12H2,1-4H3. The number of amides is 1. The van der Waals surface area contributed by atoms with Gasteiger partial charge in [0.05, 0.1) is 0 Å². The third kappa shape index (κ3) is 3.50. The SMILES string of the molecule is CC(C)CCn1cc(-c2cccc(C(=O)N(C)C)c2)c2c(c1=O)CC=C2. The Hall–Kier alpha value is -2.62. The van der Waals surface area contributed by atoms with Gasteiger partial charge < -0.3 is 9.47 Å². The number of pyridine rings is 1. The third-order valence-corrected chi connectivity index (χ3v) is 4.80. The molecule has 0 N–H and O–H groups in total. The monoisotopic (exact) mass is 350 g/mol. The van der Waals surface area contributed by atoms with E-state index in [0.29, 0.717) is 24.4 Å². The van der Waals surface area contributed by atoms with Crippen LogP contribution in [-0.2, 0) is 13.0 Å². The Morgan fingerprint density at radius 2 is 2.04 bits per heavy atom. The van der Waals surface area contributed by atoms with E-state index in [9.17, 15) is 9.59 Å². The normalized spacial score (nSPS) is 12.5. The first-order valence-corrected chi connectivity index (χ1v) is 9.13. The fourth-order valence-corrected chi connectivity index (χ4v) is 3.29. The maximum atomic E-state index is 12.8. The summed E-state index contributed by atoms with van der Waals surface area (Å²) in [5, 5.41) is 0. The molecule has 0 radical (unpaired) electrons. The van der Waals surface area contributed by atoms with Gasteiger partial charge >= 0.3 is 0 Å². The lowest BCUT2D eigenvalue weighted by molar-refractivity contribution is 0.0827. The van der Waals surface area contributed by atoms with Crippen LogP contribution in [0.1, 0.15) is 41.8 Å². The number of benzene rings is 1. The largest absolute Gasteiger partial charge is 0.345 e. The molecule has 26 heavy (non-hydrogen) atoms. The van der Waals surface area contributed by atoms with Gasteiger partial charge in [-0.1, -0.05) is 38.1 Å². The Morgan fingerprint density at radius 3 is 2.73 bits per heavy atom. The molecule has 0 spiro atoms. The lowest BCUT2D eigenvalue weighted by atomic mass is 9.97. The van der Waals surface area contributed by atoms with E-state index in [1.807, 2.05) is 47.2 Å². The molecule has 0 bridgehead atoms. The Morgan fingerprint density at radius 1 is 1.27 bits per heavy atom. The minimum Gasteiger partial charge on any atom is -0.345 e. The summed E-state index contributed by atoms with van der Waals surface area (Å²) < 4.78 is 1.83. The van der Waals surface area contributed by atoms with Gasteiger partial charge in [-0.3, -0.25) is 9.59 Å². The van der Waals surface area contributed by atoms with Crippen molar-refractivity contribution in [2.75, 3.05) is 14.1 Å². The predicted octanol–water partition coefficient (Wildman–Crippen LogP) is 3.83. The van der Waals surface area contributed by atoms with Crippen molar-refractivity contribution in [1.82, 2.24) is 9.47 Å². The van der Waals surface area contributed by atoms with Crippen LogP contribution >= 0.6 is 0 Å². The molecule has 1 aromatic heterocycles. The van der Waals surface area contributed by atoms with Crippen molar-refractivity contribution in [2.24, 2.45) is 5.92 Å². The van der Waals surface area contributed by atoms with Crippen LogP contribution in [0.5, 0.6) is 0 Å². The van der Waals surface area contributed by atoms with E-state index in [0.717, 1.165) is 28.7 Å². The van der Waals surface area contributed by atoms with Crippen LogP contribution in [0.15, 0.2) is 41.3 Å². The molecule has 0 saturated carbocycles. The Bertz CT molecular complexity index is 920. The summed E-state index contributed by atoms with van der Waals surface area (Å²) >= 11 is 0. The zero-order valence-electron chi connectivity index (χ0n) is 16.0. The molecule has 4 heteroatoms. The molecule has 1 heterocycles. The van der Waals surface area contributed by atoms with Crippen molar-refractivity contribution < 1.29 is 4.79 Å². The van der Waals surface area contributed by atoms with Crippen LogP contribution in [-0.4, -0.2) is 29.5 Å². The van der Waals surface area contributed by atoms with Crippen molar-refractivity contribution in [3.05, 3.63) is 63.6 Å². The highest BCUT2D eigenvalue weighted by Crippen LogP contribution is 2.30. The van der Waals surface area contributed by atoms with Crippen molar-refractivity contribution in [3.8, 4) is 11.1 Å². The van der Waals surface area contributed by atoms with Gasteiger partial charge in [-0.05, 0) is 42.0 Å². The van der Waals surface area contributed by atoms with Crippen LogP contribution in [0.2, 0.25) is 0 Å². The highest BCUT2D eigenvalue weighted by atomic mass is 16.2. The fraction of sp³-hybridized carbons (Fsp3) is 0.364. The number of aryl methyl sites for hydroxylation is 1. The van der Waals surface area contributed by atoms with Gasteiger partial charge in [0, 0.05) is 43.5 Å². The number of carbonyl (C=O) groups excluding carboxylic acids is 1. The second-order valence-electron chi connectivity index (χ2n) is 7.50. The van der Waals surface area contributed by atoms with E-state index >= 15 is 0 Å². The van der Waals surface area contributed by atoms with E-state index in [-0.39, 0.29) is 11.5 Å². The van der Waals surface area contributed by atoms with Gasteiger partial charge in [0.25, 0.3) is 11.5 Å². The summed E-state index contributed by atoms with van der Waals surface area (Å²) in [5.74, 6) is 0.518. The van der Waals surface area contributed by atoms with Gasteiger partial charge in [0.1, 0.15) is 0 Å². The smallest absolute Gasteiger partial charge is 0.254 e. The quantitative estimate of drug-likeness (QED) is 0.822. The molecule has 0 unspecified atom stereocenters. The molecule has 0 atom stereocenters. The summed E-state index contributed by atoms with van der Waals surface area (Å²) in [4.78, 5) is 26.7. The Balaban J connectivity index is 2.10. The number of nitrogens with zero attached hydrogens (tertiary/aromatic N) is 2. The molecule has 0 saturated heterocycles. The Labute approximate surface area is 154 Å². The van der Waals surface area contributed by atoms with Crippen LogP contribution < -0.4 is 5.56 Å². The highest BCUT2D eigenvalue weighted by molar-refractivity contribution is 5.95. The molecule has 2 aromatic rings. The van der Waals surface area contributed by atoms with Crippen molar-refractivity contribution in [1.29, 1.82) is 0 Å². The topological polar surface area (TPSA) is 42.3 Å². The Kier molecular flexibility index (Phi) is 5.12. The van der Waals surface area contributed by atoms with Gasteiger partial charge in [-0.15, -0.1) is 0 Å². The van der Waals surface area contributed by atoms with E-state index in [1.165, 1.54) is 0 Å². The maximum Gasteiger partial charge on any atom is 0.254 e. The lowest BCUT2D eigenvalue weighted by Crippen LogP contribution is -2.25. The molecule has 0 aliphatic heterocycles. The molecule has 0 fully saturated rings. The van der Waals surface area contributed by atoms with Crippen LogP contribution in [0.3, 0.4) is 0 Å². The first-order valence-electron chi connectivity index (χ1n) is 9.13. The van der Waals surface area contributed by atoms with Gasteiger partial charge in [-0.2, -0.15) is 0 Å². The number of allylic oxidation sites excluding steroid dienone is 1. The minimum absolute atomic E-state index is 0.0211. The minimum atomic E-state index is -0.0211. The number of carbonyl (C=O) groups is 1. The molecule has 4 nitrogen and oxygen atoms in total. The van der Waals surface area contributed by atoms with E-state index in [4.69, 9.17) is 0 Å². The zero-order chi connectivity index (χ0) is 18.8. The summed E-state index contributed by atoms with van der Waals surface area (Å²) in [5.41, 5.74) is 4.60. The average Bonchev–Trinajstić information content (AvgIpc) is 3.10. The summed E-state index contributed by atoms with van der Waals surface area (Å²) in [6.45, 7) is 5.04. The van der Waals surface area contributed by atoms with Crippen LogP contribution in [0.4, 0.5) is 0 Å². The molecule has 1 aromatic carbocycles. The lowest BCUT2D eigenvalue weighted by Gasteiger charge is -2.16. The second kappa shape index (κ2) is 7.32. The first-order chi connectivity index (χ1) is 12.4. The second-order valence-corrected chi connectivity index (χ2v) is 7.50. The number of rotatable bonds is 5. The maximum absolute atomic E-state index is 12.8. The molecule has 1 aliphatic carbocycles. The van der Waals surface area contributed by atoms with Crippen molar-refractivity contribution in [3.63, 3.8) is 0 Å². The zero-order valence-corrected chi connectivity index (χ0v) is 16.0. The molecular weight excluding hydrogens is 324 g/mol. The number of hydrogen-bond donors (Lipinski definition) is 0. The van der Waals surface area contributed by atoms with Crippen molar-refractivity contribution >= 4 is 12.0 Å². The van der Waals surface area contributed by atoms with E-state index in [1.54, 1.807) is 19.0 Å². The summed E-state index contributed by atoms with van der Waals surface area (Å²) in [6.07, 6.45) is 7.67. The van der Waals surface area contributed by atoms with Gasteiger partial charge in [0.2, 0.25) is 0 Å². The van der Waals surface area contributed by atoms with E-state index in [2.05, 4.69) is 13.8 Å². The average molecular weight is 350 g/mol. The predicted molar refractivity (Wildman–Crippen MR) is 106 cm³/mol. The van der Waals surface area contributed by atoms with Crippen molar-refractivity contribution in [2.45, 2.75) is 33.2 Å². The summed E-state index contributed by atoms with van der Waals surface area (Å²) in [7, 11) is 3.50. The van der Waals surface area contributed by atoms with Gasteiger partial charge in [-0.25, -0.2) is 0 Å². The number of hydrogen-bond acceptors (Lipinski definition) is 2. The molecule has 1 aliphatic rings. The number of aromatic nitrogens is 1. The first kappa shape index (κ1) is 18.2. The molecular formula is C22H26N2O2. The van der Waals surface area contributed by atoms with Crippen LogP contribution in [0, 0.1) is 5.92 Å². The molecule has 3 rings (SSSR count). The van der Waals surface area contributed by atoms with E-state index < -0.39 is 0 Å². The highest BCUT2D eigenvalue weighted by Gasteiger charge is 2.19. The fourth-order valence-electron chi connectivity index (χ4n) is 3.29. The molecule has 1 amide bonds.